The zero-order chi connectivity index (χ0) is 15.0. The molecule has 1 aromatic heterocycles. The number of imidazole rings is 1. The van der Waals surface area contributed by atoms with E-state index < -0.39 is 0 Å². The Hall–Kier alpha value is -2.21. The lowest BCUT2D eigenvalue weighted by Gasteiger charge is -2.06. The number of nitrogens with zero attached hydrogens (tertiary/aromatic N) is 2. The molecule has 0 saturated heterocycles. The predicted molar refractivity (Wildman–Crippen MR) is 80.1 cm³/mol. The fraction of sp³-hybridized carbons (Fsp3) is 0.0667. The van der Waals surface area contributed by atoms with Crippen LogP contribution in [0.2, 0.25) is 0 Å². The molecule has 0 spiro atoms. The summed E-state index contributed by atoms with van der Waals surface area (Å²) in [6.07, 6.45) is 1.61. The molecule has 0 unspecified atom stereocenters. The summed E-state index contributed by atoms with van der Waals surface area (Å²) in [5, 5.41) is 0. The summed E-state index contributed by atoms with van der Waals surface area (Å²) in [5.41, 5.74) is 2.63. The molecular weight excluding hydrogens is 339 g/mol. The Labute approximate surface area is 128 Å². The van der Waals surface area contributed by atoms with E-state index in [2.05, 4.69) is 25.7 Å². The molecule has 0 amide bonds. The van der Waals surface area contributed by atoms with E-state index in [9.17, 15) is 9.18 Å². The largest absolute Gasteiger partial charge is 0.465 e. The van der Waals surface area contributed by atoms with Crippen LogP contribution >= 0.6 is 15.9 Å². The van der Waals surface area contributed by atoms with Crippen LogP contribution in [0.25, 0.3) is 16.7 Å². The van der Waals surface area contributed by atoms with Crippen molar-refractivity contribution >= 4 is 32.9 Å². The number of ether oxygens (including phenoxy) is 1. The third-order valence-electron chi connectivity index (χ3n) is 3.16. The fourth-order valence-electron chi connectivity index (χ4n) is 2.09. The molecule has 4 nitrogen and oxygen atoms in total. The number of halogens is 2. The normalized spacial score (nSPS) is 10.8. The minimum Gasteiger partial charge on any atom is -0.465 e. The van der Waals surface area contributed by atoms with E-state index in [1.165, 1.54) is 13.2 Å². The smallest absolute Gasteiger partial charge is 0.337 e. The number of esters is 1. The quantitative estimate of drug-likeness (QED) is 0.663. The lowest BCUT2D eigenvalue weighted by Crippen LogP contribution is -2.01. The van der Waals surface area contributed by atoms with Gasteiger partial charge in [-0.15, -0.1) is 0 Å². The highest BCUT2D eigenvalue weighted by Crippen LogP contribution is 2.25. The lowest BCUT2D eigenvalue weighted by atomic mass is 10.2. The van der Waals surface area contributed by atoms with Crippen LogP contribution in [0.1, 0.15) is 10.4 Å². The first-order valence-electron chi connectivity index (χ1n) is 6.11. The fourth-order valence-corrected chi connectivity index (χ4v) is 2.42. The number of methoxy groups -OCH3 is 1. The van der Waals surface area contributed by atoms with Crippen molar-refractivity contribution in [3.8, 4) is 5.69 Å². The number of hydrogen-bond donors (Lipinski definition) is 0. The van der Waals surface area contributed by atoms with Crippen LogP contribution < -0.4 is 0 Å². The molecule has 6 heteroatoms. The summed E-state index contributed by atoms with van der Waals surface area (Å²) in [5.74, 6) is -0.740. The van der Waals surface area contributed by atoms with Gasteiger partial charge in [0.05, 0.1) is 28.2 Å². The van der Waals surface area contributed by atoms with Gasteiger partial charge >= 0.3 is 5.97 Å². The predicted octanol–water partition coefficient (Wildman–Crippen LogP) is 3.71. The summed E-state index contributed by atoms with van der Waals surface area (Å²) >= 11 is 3.17. The molecule has 0 fully saturated rings. The SMILES string of the molecule is COC(=O)c1ccc(-n2cnc3cc(F)c(Br)cc32)cc1. The van der Waals surface area contributed by atoms with Gasteiger partial charge in [-0.25, -0.2) is 14.2 Å². The Balaban J connectivity index is 2.08. The Morgan fingerprint density at radius 1 is 1.29 bits per heavy atom. The van der Waals surface area contributed by atoms with Crippen molar-refractivity contribution in [3.05, 3.63) is 58.6 Å². The second-order valence-electron chi connectivity index (χ2n) is 4.41. The van der Waals surface area contributed by atoms with E-state index in [0.29, 0.717) is 15.6 Å². The number of carbonyl (C=O) groups excluding carboxylic acids is 1. The van der Waals surface area contributed by atoms with E-state index in [1.54, 1.807) is 36.7 Å². The lowest BCUT2D eigenvalue weighted by molar-refractivity contribution is 0.0601. The second-order valence-corrected chi connectivity index (χ2v) is 5.26. The first-order valence-corrected chi connectivity index (χ1v) is 6.90. The van der Waals surface area contributed by atoms with Crippen LogP contribution in [0.15, 0.2) is 47.2 Å². The van der Waals surface area contributed by atoms with Gasteiger partial charge < -0.3 is 4.74 Å². The molecule has 0 aliphatic rings. The summed E-state index contributed by atoms with van der Waals surface area (Å²) in [7, 11) is 1.34. The Kier molecular flexibility index (Phi) is 3.47. The van der Waals surface area contributed by atoms with Crippen molar-refractivity contribution in [2.45, 2.75) is 0 Å². The van der Waals surface area contributed by atoms with E-state index in [0.717, 1.165) is 11.2 Å². The molecule has 0 saturated carbocycles. The minimum absolute atomic E-state index is 0.353. The third kappa shape index (κ3) is 2.42. The highest BCUT2D eigenvalue weighted by molar-refractivity contribution is 9.10. The van der Waals surface area contributed by atoms with E-state index in [1.807, 2.05) is 4.57 Å². The van der Waals surface area contributed by atoms with Crippen LogP contribution in [0.5, 0.6) is 0 Å². The molecule has 106 valence electrons. The standard InChI is InChI=1S/C15H10BrFN2O2/c1-21-15(20)9-2-4-10(5-3-9)19-8-18-13-7-12(17)11(16)6-14(13)19/h2-8H,1H3. The number of fused-ring (bicyclic) bond motifs is 1. The Morgan fingerprint density at radius 3 is 2.67 bits per heavy atom. The van der Waals surface area contributed by atoms with Gasteiger partial charge in [0, 0.05) is 11.8 Å². The average Bonchev–Trinajstić information content (AvgIpc) is 2.90. The van der Waals surface area contributed by atoms with Crippen molar-refractivity contribution in [3.63, 3.8) is 0 Å². The highest BCUT2D eigenvalue weighted by atomic mass is 79.9. The van der Waals surface area contributed by atoms with E-state index in [-0.39, 0.29) is 11.8 Å². The molecule has 1 heterocycles. The summed E-state index contributed by atoms with van der Waals surface area (Å²) in [6.45, 7) is 0. The molecule has 0 atom stereocenters. The second kappa shape index (κ2) is 5.29. The van der Waals surface area contributed by atoms with Gasteiger partial charge in [-0.1, -0.05) is 0 Å². The van der Waals surface area contributed by atoms with Crippen molar-refractivity contribution in [1.82, 2.24) is 9.55 Å². The molecule has 0 bridgehead atoms. The number of aromatic nitrogens is 2. The van der Waals surface area contributed by atoms with Crippen LogP contribution in [0, 0.1) is 5.82 Å². The molecule has 0 aliphatic carbocycles. The van der Waals surface area contributed by atoms with E-state index >= 15 is 0 Å². The van der Waals surface area contributed by atoms with E-state index in [4.69, 9.17) is 0 Å². The van der Waals surface area contributed by atoms with Crippen molar-refractivity contribution < 1.29 is 13.9 Å². The van der Waals surface area contributed by atoms with Gasteiger partial charge in [-0.3, -0.25) is 4.57 Å². The van der Waals surface area contributed by atoms with Gasteiger partial charge in [0.25, 0.3) is 0 Å². The Bertz CT molecular complexity index is 828. The van der Waals surface area contributed by atoms with Crippen molar-refractivity contribution in [2.24, 2.45) is 0 Å². The molecule has 3 rings (SSSR count). The van der Waals surface area contributed by atoms with Gasteiger partial charge in [-0.05, 0) is 46.3 Å². The minimum atomic E-state index is -0.387. The number of rotatable bonds is 2. The van der Waals surface area contributed by atoms with Crippen LogP contribution in [0.3, 0.4) is 0 Å². The van der Waals surface area contributed by atoms with Gasteiger partial charge in [0.15, 0.2) is 0 Å². The summed E-state index contributed by atoms with van der Waals surface area (Å²) in [6, 6.07) is 9.96. The van der Waals surface area contributed by atoms with Crippen LogP contribution in [0.4, 0.5) is 4.39 Å². The zero-order valence-corrected chi connectivity index (χ0v) is 12.6. The first-order chi connectivity index (χ1) is 10.1. The van der Waals surface area contributed by atoms with Crippen LogP contribution in [-0.4, -0.2) is 22.6 Å². The molecule has 21 heavy (non-hydrogen) atoms. The maximum atomic E-state index is 13.5. The molecule has 0 radical (unpaired) electrons. The van der Waals surface area contributed by atoms with Crippen LogP contribution in [-0.2, 0) is 4.74 Å². The van der Waals surface area contributed by atoms with Gasteiger partial charge in [-0.2, -0.15) is 0 Å². The summed E-state index contributed by atoms with van der Waals surface area (Å²) < 4.78 is 20.4. The van der Waals surface area contributed by atoms with Crippen molar-refractivity contribution in [1.29, 1.82) is 0 Å². The topological polar surface area (TPSA) is 44.1 Å². The summed E-state index contributed by atoms with van der Waals surface area (Å²) in [4.78, 5) is 15.6. The monoisotopic (exact) mass is 348 g/mol. The maximum absolute atomic E-state index is 13.5. The number of benzene rings is 2. The molecule has 3 aromatic rings. The van der Waals surface area contributed by atoms with Gasteiger partial charge in [0.1, 0.15) is 12.1 Å². The number of carbonyl (C=O) groups is 1. The highest BCUT2D eigenvalue weighted by Gasteiger charge is 2.10. The number of hydrogen-bond acceptors (Lipinski definition) is 3. The zero-order valence-electron chi connectivity index (χ0n) is 11.0. The van der Waals surface area contributed by atoms with Gasteiger partial charge in [0.2, 0.25) is 0 Å². The Morgan fingerprint density at radius 2 is 2.00 bits per heavy atom. The molecule has 0 aliphatic heterocycles. The molecule has 0 N–H and O–H groups in total. The maximum Gasteiger partial charge on any atom is 0.337 e. The molecular formula is C15H10BrFN2O2. The third-order valence-corrected chi connectivity index (χ3v) is 3.76. The van der Waals surface area contributed by atoms with Crippen molar-refractivity contribution in [2.75, 3.05) is 7.11 Å². The average molecular weight is 349 g/mol. The first kappa shape index (κ1) is 13.8. The molecule has 2 aromatic carbocycles.